The average molecular weight is 388 g/mol. The van der Waals surface area contributed by atoms with Gasteiger partial charge in [0.2, 0.25) is 5.91 Å². The van der Waals surface area contributed by atoms with Crippen molar-refractivity contribution in [2.45, 2.75) is 0 Å². The Hall–Kier alpha value is -3.13. The van der Waals surface area contributed by atoms with E-state index in [0.717, 1.165) is 5.56 Å². The van der Waals surface area contributed by atoms with Crippen LogP contribution < -0.4 is 10.1 Å². The third-order valence-corrected chi connectivity index (χ3v) is 4.15. The number of nitrogens with zero attached hydrogens (tertiary/aromatic N) is 1. The molecule has 1 aromatic carbocycles. The molecule has 0 aliphatic carbocycles. The molecule has 0 unspecified atom stereocenters. The predicted molar refractivity (Wildman–Crippen MR) is 104 cm³/mol. The molecule has 0 aliphatic heterocycles. The van der Waals surface area contributed by atoms with Crippen molar-refractivity contribution in [1.29, 1.82) is 0 Å². The number of ether oxygens (including phenoxy) is 2. The lowest BCUT2D eigenvalue weighted by Gasteiger charge is -2.16. The Bertz CT molecular complexity index is 817. The molecule has 0 aliphatic rings. The SMILES string of the molecule is COc1cccc(NC(=O)CN(C)C(=O)COC(=O)/C=C/c2ccsc2)c1. The lowest BCUT2D eigenvalue weighted by Crippen LogP contribution is -2.37. The third-order valence-electron chi connectivity index (χ3n) is 3.45. The Morgan fingerprint density at radius 2 is 2.07 bits per heavy atom. The van der Waals surface area contributed by atoms with Gasteiger partial charge < -0.3 is 19.7 Å². The number of methoxy groups -OCH3 is 1. The van der Waals surface area contributed by atoms with Crippen LogP contribution in [0.3, 0.4) is 0 Å². The lowest BCUT2D eigenvalue weighted by atomic mass is 10.3. The van der Waals surface area contributed by atoms with E-state index in [2.05, 4.69) is 5.32 Å². The molecule has 1 heterocycles. The highest BCUT2D eigenvalue weighted by Crippen LogP contribution is 2.16. The van der Waals surface area contributed by atoms with Crippen LogP contribution in [0.15, 0.2) is 47.2 Å². The van der Waals surface area contributed by atoms with Gasteiger partial charge in [-0.1, -0.05) is 6.07 Å². The van der Waals surface area contributed by atoms with E-state index in [1.165, 1.54) is 36.5 Å². The normalized spacial score (nSPS) is 10.4. The number of nitrogens with one attached hydrogen (secondary N) is 1. The Morgan fingerprint density at radius 3 is 2.78 bits per heavy atom. The van der Waals surface area contributed by atoms with Crippen LogP contribution in [0.25, 0.3) is 6.08 Å². The Balaban J connectivity index is 1.75. The number of esters is 1. The summed E-state index contributed by atoms with van der Waals surface area (Å²) in [5.41, 5.74) is 1.44. The molecule has 0 spiro atoms. The summed E-state index contributed by atoms with van der Waals surface area (Å²) in [7, 11) is 2.99. The molecular weight excluding hydrogens is 368 g/mol. The molecule has 0 saturated carbocycles. The Morgan fingerprint density at radius 1 is 1.26 bits per heavy atom. The summed E-state index contributed by atoms with van der Waals surface area (Å²) in [4.78, 5) is 36.8. The topological polar surface area (TPSA) is 84.9 Å². The van der Waals surface area contributed by atoms with E-state index in [1.54, 1.807) is 30.3 Å². The summed E-state index contributed by atoms with van der Waals surface area (Å²) in [5.74, 6) is -0.862. The van der Waals surface area contributed by atoms with Crippen molar-refractivity contribution in [2.24, 2.45) is 0 Å². The van der Waals surface area contributed by atoms with Gasteiger partial charge >= 0.3 is 5.97 Å². The molecule has 1 aromatic heterocycles. The van der Waals surface area contributed by atoms with Crippen LogP contribution in [0.1, 0.15) is 5.56 Å². The maximum Gasteiger partial charge on any atom is 0.331 e. The molecule has 0 atom stereocenters. The quantitative estimate of drug-likeness (QED) is 0.555. The van der Waals surface area contributed by atoms with E-state index >= 15 is 0 Å². The summed E-state index contributed by atoms with van der Waals surface area (Å²) >= 11 is 1.51. The number of hydrogen-bond donors (Lipinski definition) is 1. The zero-order chi connectivity index (χ0) is 19.6. The van der Waals surface area contributed by atoms with Gasteiger partial charge in [0.15, 0.2) is 6.61 Å². The van der Waals surface area contributed by atoms with Gasteiger partial charge in [0.1, 0.15) is 5.75 Å². The fourth-order valence-corrected chi connectivity index (χ4v) is 2.66. The molecule has 2 amide bonds. The third kappa shape index (κ3) is 6.95. The molecular formula is C19H20N2O5S. The number of rotatable bonds is 8. The highest BCUT2D eigenvalue weighted by molar-refractivity contribution is 7.08. The lowest BCUT2D eigenvalue weighted by molar-refractivity contribution is -0.148. The first-order valence-corrected chi connectivity index (χ1v) is 8.97. The van der Waals surface area contributed by atoms with E-state index < -0.39 is 18.5 Å². The molecule has 8 heteroatoms. The van der Waals surface area contributed by atoms with Crippen molar-refractivity contribution < 1.29 is 23.9 Å². The zero-order valence-corrected chi connectivity index (χ0v) is 15.8. The second-order valence-electron chi connectivity index (χ2n) is 5.53. The van der Waals surface area contributed by atoms with Crippen LogP contribution in [-0.2, 0) is 19.1 Å². The van der Waals surface area contributed by atoms with Crippen molar-refractivity contribution in [3.05, 3.63) is 52.7 Å². The predicted octanol–water partition coefficient (Wildman–Crippen LogP) is 2.41. The molecule has 142 valence electrons. The van der Waals surface area contributed by atoms with Crippen LogP contribution in [0.5, 0.6) is 5.75 Å². The molecule has 0 saturated heterocycles. The maximum absolute atomic E-state index is 12.0. The van der Waals surface area contributed by atoms with Crippen LogP contribution in [0, 0.1) is 0 Å². The molecule has 2 rings (SSSR count). The summed E-state index contributed by atoms with van der Waals surface area (Å²) in [6.07, 6.45) is 2.86. The molecule has 0 radical (unpaired) electrons. The van der Waals surface area contributed by atoms with Crippen molar-refractivity contribution >= 4 is 40.9 Å². The first kappa shape index (κ1) is 20.2. The van der Waals surface area contributed by atoms with Gasteiger partial charge in [-0.05, 0) is 40.6 Å². The summed E-state index contributed by atoms with van der Waals surface area (Å²) in [6, 6.07) is 8.73. The zero-order valence-electron chi connectivity index (χ0n) is 15.0. The van der Waals surface area contributed by atoms with Crippen molar-refractivity contribution in [3.8, 4) is 5.75 Å². The Kier molecular flexibility index (Phi) is 7.57. The number of benzene rings is 1. The van der Waals surface area contributed by atoms with Gasteiger partial charge in [0.25, 0.3) is 5.91 Å². The molecule has 2 aromatic rings. The fraction of sp³-hybridized carbons (Fsp3) is 0.211. The standard InChI is InChI=1S/C19H20N2O5S/c1-21(11-17(22)20-15-4-3-5-16(10-15)25-2)18(23)12-26-19(24)7-6-14-8-9-27-13-14/h3-10,13H,11-12H2,1-2H3,(H,20,22)/b7-6+. The second-order valence-corrected chi connectivity index (χ2v) is 6.31. The highest BCUT2D eigenvalue weighted by Gasteiger charge is 2.14. The van der Waals surface area contributed by atoms with Gasteiger partial charge in [-0.3, -0.25) is 9.59 Å². The van der Waals surface area contributed by atoms with Crippen molar-refractivity contribution in [2.75, 3.05) is 32.6 Å². The average Bonchev–Trinajstić information content (AvgIpc) is 3.18. The monoisotopic (exact) mass is 388 g/mol. The van der Waals surface area contributed by atoms with Gasteiger partial charge in [-0.25, -0.2) is 4.79 Å². The summed E-state index contributed by atoms with van der Waals surface area (Å²) in [6.45, 7) is -0.603. The van der Waals surface area contributed by atoms with E-state index in [-0.39, 0.29) is 12.5 Å². The number of anilines is 1. The van der Waals surface area contributed by atoms with Crippen LogP contribution in [0.4, 0.5) is 5.69 Å². The minimum absolute atomic E-state index is 0.168. The number of likely N-dealkylation sites (N-methyl/N-ethyl adjacent to an activating group) is 1. The number of carbonyl (C=O) groups excluding carboxylic acids is 3. The smallest absolute Gasteiger partial charge is 0.331 e. The van der Waals surface area contributed by atoms with Crippen molar-refractivity contribution in [1.82, 2.24) is 4.90 Å². The van der Waals surface area contributed by atoms with Gasteiger partial charge in [0, 0.05) is 24.9 Å². The minimum Gasteiger partial charge on any atom is -0.497 e. The van der Waals surface area contributed by atoms with E-state index in [4.69, 9.17) is 9.47 Å². The molecule has 7 nitrogen and oxygen atoms in total. The summed E-state index contributed by atoms with van der Waals surface area (Å²) < 4.78 is 9.98. The Labute approximate surface area is 161 Å². The number of amides is 2. The maximum atomic E-state index is 12.0. The van der Waals surface area contributed by atoms with Gasteiger partial charge in [-0.2, -0.15) is 11.3 Å². The number of hydrogen-bond acceptors (Lipinski definition) is 6. The van der Waals surface area contributed by atoms with E-state index in [1.807, 2.05) is 16.8 Å². The first-order chi connectivity index (χ1) is 13.0. The number of thiophene rings is 1. The van der Waals surface area contributed by atoms with Gasteiger partial charge in [0.05, 0.1) is 13.7 Å². The van der Waals surface area contributed by atoms with E-state index in [9.17, 15) is 14.4 Å². The fourth-order valence-electron chi connectivity index (χ4n) is 2.03. The van der Waals surface area contributed by atoms with Gasteiger partial charge in [-0.15, -0.1) is 0 Å². The summed E-state index contributed by atoms with van der Waals surface area (Å²) in [5, 5.41) is 6.44. The first-order valence-electron chi connectivity index (χ1n) is 8.03. The van der Waals surface area contributed by atoms with Crippen LogP contribution >= 0.6 is 11.3 Å². The highest BCUT2D eigenvalue weighted by atomic mass is 32.1. The molecule has 0 bridgehead atoms. The molecule has 0 fully saturated rings. The van der Waals surface area contributed by atoms with Crippen LogP contribution in [0.2, 0.25) is 0 Å². The minimum atomic E-state index is -0.621. The van der Waals surface area contributed by atoms with E-state index in [0.29, 0.717) is 11.4 Å². The molecule has 1 N–H and O–H groups in total. The van der Waals surface area contributed by atoms with Crippen LogP contribution in [-0.4, -0.2) is 50.0 Å². The molecule has 27 heavy (non-hydrogen) atoms. The number of carbonyl (C=O) groups is 3. The second kappa shape index (κ2) is 10.1. The largest absolute Gasteiger partial charge is 0.497 e. The van der Waals surface area contributed by atoms with Crippen molar-refractivity contribution in [3.63, 3.8) is 0 Å².